The molecule has 1 atom stereocenters. The summed E-state index contributed by atoms with van der Waals surface area (Å²) >= 11 is 0. The number of Topliss-reactive ketones (excluding diaryl/α,β-unsaturated/α-hetero) is 1. The highest BCUT2D eigenvalue weighted by Crippen LogP contribution is 2.41. The second kappa shape index (κ2) is 4.52. The van der Waals surface area contributed by atoms with Gasteiger partial charge in [0.1, 0.15) is 0 Å². The number of hydrogen-bond donors (Lipinski definition) is 2. The van der Waals surface area contributed by atoms with Gasteiger partial charge >= 0.3 is 18.1 Å². The summed E-state index contributed by atoms with van der Waals surface area (Å²) in [7, 11) is 0. The molecule has 1 unspecified atom stereocenters. The summed E-state index contributed by atoms with van der Waals surface area (Å²) in [5.41, 5.74) is -3.56. The second-order valence-electron chi connectivity index (χ2n) is 4.22. The summed E-state index contributed by atoms with van der Waals surface area (Å²) in [6, 6.07) is 0. The SMILES string of the molecule is CC1(C(=O)O)CC(C(=O)O)=CC=C1C(=O)C(F)(F)F. The van der Waals surface area contributed by atoms with E-state index in [1.54, 1.807) is 0 Å². The van der Waals surface area contributed by atoms with Crippen molar-refractivity contribution in [2.24, 2.45) is 5.41 Å². The van der Waals surface area contributed by atoms with Gasteiger partial charge < -0.3 is 10.2 Å². The minimum absolute atomic E-state index is 0.372. The number of ketones is 1. The van der Waals surface area contributed by atoms with Gasteiger partial charge in [0.15, 0.2) is 0 Å². The van der Waals surface area contributed by atoms with E-state index >= 15 is 0 Å². The van der Waals surface area contributed by atoms with E-state index in [-0.39, 0.29) is 5.57 Å². The molecule has 0 heterocycles. The van der Waals surface area contributed by atoms with Gasteiger partial charge in [-0.25, -0.2) is 4.79 Å². The summed E-state index contributed by atoms with van der Waals surface area (Å²) in [5.74, 6) is -5.41. The molecular weight excluding hydrogens is 269 g/mol. The molecule has 0 aliphatic heterocycles. The molecule has 0 aromatic rings. The zero-order valence-electron chi connectivity index (χ0n) is 9.61. The van der Waals surface area contributed by atoms with Crippen LogP contribution in [0.2, 0.25) is 0 Å². The number of allylic oxidation sites excluding steroid dienone is 2. The van der Waals surface area contributed by atoms with Gasteiger partial charge in [0.25, 0.3) is 5.78 Å². The number of halogens is 3. The molecular formula is C11H9F3O5. The first-order valence-electron chi connectivity index (χ1n) is 4.99. The third kappa shape index (κ3) is 2.67. The molecule has 0 aromatic heterocycles. The van der Waals surface area contributed by atoms with E-state index in [9.17, 15) is 27.6 Å². The maximum Gasteiger partial charge on any atom is 0.454 e. The van der Waals surface area contributed by atoms with Crippen LogP contribution >= 0.6 is 0 Å². The van der Waals surface area contributed by atoms with Gasteiger partial charge in [-0.1, -0.05) is 12.2 Å². The highest BCUT2D eigenvalue weighted by atomic mass is 19.4. The minimum atomic E-state index is -5.21. The number of carboxylic acid groups (broad SMARTS) is 2. The standard InChI is InChI=1S/C11H9F3O5/c1-10(9(18)19)4-5(8(16)17)2-3-6(10)7(15)11(12,13)14/h2-3H,4H2,1H3,(H,16,17)(H,18,19). The van der Waals surface area contributed by atoms with Crippen LogP contribution in [0.5, 0.6) is 0 Å². The largest absolute Gasteiger partial charge is 0.481 e. The van der Waals surface area contributed by atoms with Gasteiger partial charge in [-0.2, -0.15) is 13.2 Å². The average molecular weight is 278 g/mol. The monoisotopic (exact) mass is 278 g/mol. The Balaban J connectivity index is 3.36. The molecule has 0 spiro atoms. The Kier molecular flexibility index (Phi) is 3.56. The summed E-state index contributed by atoms with van der Waals surface area (Å²) in [6.07, 6.45) is -4.48. The van der Waals surface area contributed by atoms with Gasteiger partial charge in [-0.15, -0.1) is 0 Å². The summed E-state index contributed by atoms with van der Waals surface area (Å²) in [6.45, 7) is 0.890. The Morgan fingerprint density at radius 1 is 1.21 bits per heavy atom. The van der Waals surface area contributed by atoms with Gasteiger partial charge in [0.2, 0.25) is 0 Å². The Labute approximate surface area is 105 Å². The molecule has 8 heteroatoms. The van der Waals surface area contributed by atoms with Crippen LogP contribution in [0.25, 0.3) is 0 Å². The van der Waals surface area contributed by atoms with Crippen molar-refractivity contribution < 1.29 is 37.8 Å². The fraction of sp³-hybridized carbons (Fsp3) is 0.364. The fourth-order valence-corrected chi connectivity index (χ4v) is 1.72. The van der Waals surface area contributed by atoms with Crippen LogP contribution in [0.1, 0.15) is 13.3 Å². The summed E-state index contributed by atoms with van der Waals surface area (Å²) in [4.78, 5) is 33.0. The fourth-order valence-electron chi connectivity index (χ4n) is 1.72. The van der Waals surface area contributed by atoms with Crippen molar-refractivity contribution in [2.75, 3.05) is 0 Å². The third-order valence-electron chi connectivity index (χ3n) is 2.84. The Bertz CT molecular complexity index is 515. The molecule has 1 rings (SSSR count). The highest BCUT2D eigenvalue weighted by Gasteiger charge is 2.51. The first kappa shape index (κ1) is 14.9. The first-order chi connectivity index (χ1) is 8.50. The van der Waals surface area contributed by atoms with Crippen LogP contribution in [-0.4, -0.2) is 34.1 Å². The summed E-state index contributed by atoms with van der Waals surface area (Å²) in [5, 5.41) is 17.7. The molecule has 0 fully saturated rings. The number of hydrogen-bond acceptors (Lipinski definition) is 3. The molecule has 0 bridgehead atoms. The molecule has 19 heavy (non-hydrogen) atoms. The molecule has 5 nitrogen and oxygen atoms in total. The molecule has 104 valence electrons. The Hall–Kier alpha value is -2.12. The molecule has 0 radical (unpaired) electrons. The van der Waals surface area contributed by atoms with E-state index in [0.717, 1.165) is 13.0 Å². The van der Waals surface area contributed by atoms with E-state index in [2.05, 4.69) is 0 Å². The molecule has 0 saturated heterocycles. The minimum Gasteiger partial charge on any atom is -0.481 e. The van der Waals surface area contributed by atoms with Crippen LogP contribution in [-0.2, 0) is 14.4 Å². The third-order valence-corrected chi connectivity index (χ3v) is 2.84. The normalized spacial score (nSPS) is 23.4. The van der Waals surface area contributed by atoms with Crippen LogP contribution in [0, 0.1) is 5.41 Å². The van der Waals surface area contributed by atoms with Crippen molar-refractivity contribution >= 4 is 17.7 Å². The second-order valence-corrected chi connectivity index (χ2v) is 4.22. The maximum absolute atomic E-state index is 12.4. The van der Waals surface area contributed by atoms with Crippen LogP contribution in [0.4, 0.5) is 13.2 Å². The molecule has 2 N–H and O–H groups in total. The maximum atomic E-state index is 12.4. The molecule has 1 aliphatic carbocycles. The molecule has 0 aromatic carbocycles. The van der Waals surface area contributed by atoms with Gasteiger partial charge in [0, 0.05) is 11.1 Å². The predicted octanol–water partition coefficient (Wildman–Crippen LogP) is 1.55. The van der Waals surface area contributed by atoms with Crippen LogP contribution in [0.3, 0.4) is 0 Å². The van der Waals surface area contributed by atoms with E-state index in [0.29, 0.717) is 6.08 Å². The van der Waals surface area contributed by atoms with Crippen molar-refractivity contribution in [3.05, 3.63) is 23.3 Å². The highest BCUT2D eigenvalue weighted by molar-refractivity contribution is 6.07. The van der Waals surface area contributed by atoms with E-state index in [4.69, 9.17) is 10.2 Å². The van der Waals surface area contributed by atoms with Gasteiger partial charge in [-0.05, 0) is 13.3 Å². The van der Waals surface area contributed by atoms with Crippen molar-refractivity contribution in [3.8, 4) is 0 Å². The first-order valence-corrected chi connectivity index (χ1v) is 4.99. The molecule has 0 saturated carbocycles. The number of rotatable bonds is 3. The zero-order chi connectivity index (χ0) is 15.0. The van der Waals surface area contributed by atoms with E-state index in [1.165, 1.54) is 0 Å². The average Bonchev–Trinajstić information content (AvgIpc) is 2.26. The number of aliphatic carboxylic acids is 2. The number of carbonyl (C=O) groups is 3. The molecule has 1 aliphatic rings. The quantitative estimate of drug-likeness (QED) is 0.817. The number of carbonyl (C=O) groups excluding carboxylic acids is 1. The lowest BCUT2D eigenvalue weighted by molar-refractivity contribution is -0.169. The zero-order valence-corrected chi connectivity index (χ0v) is 9.61. The van der Waals surface area contributed by atoms with Gasteiger partial charge in [-0.3, -0.25) is 9.59 Å². The van der Waals surface area contributed by atoms with E-state index < -0.39 is 41.3 Å². The Morgan fingerprint density at radius 2 is 1.74 bits per heavy atom. The smallest absolute Gasteiger partial charge is 0.454 e. The topological polar surface area (TPSA) is 91.7 Å². The van der Waals surface area contributed by atoms with Crippen molar-refractivity contribution in [1.82, 2.24) is 0 Å². The lowest BCUT2D eigenvalue weighted by Gasteiger charge is -2.30. The number of alkyl halides is 3. The Morgan fingerprint density at radius 3 is 2.11 bits per heavy atom. The van der Waals surface area contributed by atoms with E-state index in [1.807, 2.05) is 0 Å². The van der Waals surface area contributed by atoms with Crippen LogP contribution < -0.4 is 0 Å². The van der Waals surface area contributed by atoms with Gasteiger partial charge in [0.05, 0.1) is 5.41 Å². The van der Waals surface area contributed by atoms with Crippen molar-refractivity contribution in [3.63, 3.8) is 0 Å². The summed E-state index contributed by atoms with van der Waals surface area (Å²) < 4.78 is 37.1. The van der Waals surface area contributed by atoms with Crippen molar-refractivity contribution in [2.45, 2.75) is 19.5 Å². The lowest BCUT2D eigenvalue weighted by Crippen LogP contribution is -2.40. The van der Waals surface area contributed by atoms with Crippen LogP contribution in [0.15, 0.2) is 23.3 Å². The lowest BCUT2D eigenvalue weighted by atomic mass is 9.72. The number of carboxylic acids is 2. The molecule has 0 amide bonds. The predicted molar refractivity (Wildman–Crippen MR) is 55.2 cm³/mol. The van der Waals surface area contributed by atoms with Crippen molar-refractivity contribution in [1.29, 1.82) is 0 Å².